The number of aliphatic hydroxyl groups excluding tert-OH is 2. The van der Waals surface area contributed by atoms with E-state index in [9.17, 15) is 0 Å². The summed E-state index contributed by atoms with van der Waals surface area (Å²) in [5, 5.41) is 16.5. The van der Waals surface area contributed by atoms with Crippen molar-refractivity contribution >= 4 is 0 Å². The molecule has 3 heteroatoms. The minimum absolute atomic E-state index is 0.0810. The molecule has 3 nitrogen and oxygen atoms in total. The molecule has 58 valence electrons. The third kappa shape index (κ3) is 32.8. The molecule has 0 aliphatic rings. The Morgan fingerprint density at radius 2 is 1.78 bits per heavy atom. The molecular weight excluding hydrogens is 120 g/mol. The first kappa shape index (κ1) is 11.6. The van der Waals surface area contributed by atoms with Gasteiger partial charge in [0.2, 0.25) is 0 Å². The van der Waals surface area contributed by atoms with Crippen LogP contribution in [-0.2, 0) is 4.74 Å². The van der Waals surface area contributed by atoms with Gasteiger partial charge in [0.15, 0.2) is 0 Å². The Hall–Kier alpha value is -0.120. The van der Waals surface area contributed by atoms with Gasteiger partial charge in [-0.2, -0.15) is 0 Å². The van der Waals surface area contributed by atoms with Crippen molar-refractivity contribution in [3.8, 4) is 0 Å². The normalized spacial score (nSPS) is 11.7. The van der Waals surface area contributed by atoms with Crippen molar-refractivity contribution in [2.24, 2.45) is 0 Å². The van der Waals surface area contributed by atoms with Gasteiger partial charge in [-0.25, -0.2) is 0 Å². The van der Waals surface area contributed by atoms with Crippen LogP contribution in [0.25, 0.3) is 0 Å². The van der Waals surface area contributed by atoms with E-state index < -0.39 is 0 Å². The standard InChI is InChI=1S/C4H10O2.C2H6O/c1-4(6)2-3-5;1-3-2/h4-6H,2-3H2,1H3;1-2H3. The highest BCUT2D eigenvalue weighted by atomic mass is 16.4. The van der Waals surface area contributed by atoms with Crippen molar-refractivity contribution in [1.82, 2.24) is 0 Å². The molecule has 1 atom stereocenters. The van der Waals surface area contributed by atoms with Crippen LogP contribution in [0.3, 0.4) is 0 Å². The lowest BCUT2D eigenvalue weighted by Gasteiger charge is -1.95. The molecule has 0 amide bonds. The van der Waals surface area contributed by atoms with Gasteiger partial charge < -0.3 is 14.9 Å². The Bertz CT molecular complexity index is 37.3. The molecule has 0 aromatic heterocycles. The van der Waals surface area contributed by atoms with E-state index in [1.54, 1.807) is 21.1 Å². The van der Waals surface area contributed by atoms with Gasteiger partial charge in [-0.05, 0) is 13.3 Å². The Labute approximate surface area is 56.3 Å². The number of rotatable bonds is 2. The molecule has 0 rings (SSSR count). The van der Waals surface area contributed by atoms with Gasteiger partial charge in [-0.1, -0.05) is 0 Å². The number of aliphatic hydroxyl groups is 2. The van der Waals surface area contributed by atoms with Crippen molar-refractivity contribution in [2.75, 3.05) is 20.8 Å². The predicted molar refractivity (Wildman–Crippen MR) is 36.3 cm³/mol. The number of ether oxygens (including phenoxy) is 1. The van der Waals surface area contributed by atoms with E-state index in [0.29, 0.717) is 6.42 Å². The lowest BCUT2D eigenvalue weighted by Crippen LogP contribution is -2.00. The first-order valence-corrected chi connectivity index (χ1v) is 2.88. The second-order valence-electron chi connectivity index (χ2n) is 1.77. The fraction of sp³-hybridized carbons (Fsp3) is 1.00. The SMILES string of the molecule is CC(O)CCO.COC. The smallest absolute Gasteiger partial charge is 0.0533 e. The van der Waals surface area contributed by atoms with E-state index in [1.165, 1.54) is 0 Å². The maximum Gasteiger partial charge on any atom is 0.0533 e. The Morgan fingerprint density at radius 3 is 1.78 bits per heavy atom. The Kier molecular flexibility index (Phi) is 14.0. The van der Waals surface area contributed by atoms with E-state index in [1.807, 2.05) is 0 Å². The second-order valence-corrected chi connectivity index (χ2v) is 1.77. The van der Waals surface area contributed by atoms with Crippen molar-refractivity contribution < 1.29 is 14.9 Å². The van der Waals surface area contributed by atoms with E-state index in [-0.39, 0.29) is 12.7 Å². The topological polar surface area (TPSA) is 49.7 Å². The predicted octanol–water partition coefficient (Wildman–Crippen LogP) is 0.0122. The summed E-state index contributed by atoms with van der Waals surface area (Å²) >= 11 is 0. The molecule has 2 N–H and O–H groups in total. The van der Waals surface area contributed by atoms with Crippen LogP contribution in [0.5, 0.6) is 0 Å². The van der Waals surface area contributed by atoms with Gasteiger partial charge in [0.25, 0.3) is 0 Å². The maximum absolute atomic E-state index is 8.39. The average Bonchev–Trinajstić information content (AvgIpc) is 1.67. The Balaban J connectivity index is 0. The van der Waals surface area contributed by atoms with Crippen LogP contribution in [0.2, 0.25) is 0 Å². The van der Waals surface area contributed by atoms with Crippen LogP contribution in [0.15, 0.2) is 0 Å². The molecule has 0 bridgehead atoms. The minimum atomic E-state index is -0.352. The summed E-state index contributed by atoms with van der Waals surface area (Å²) in [5.41, 5.74) is 0. The molecular formula is C6H16O3. The third-order valence-corrected chi connectivity index (χ3v) is 0.547. The molecule has 9 heavy (non-hydrogen) atoms. The van der Waals surface area contributed by atoms with Gasteiger partial charge >= 0.3 is 0 Å². The fourth-order valence-corrected chi connectivity index (χ4v) is 0.187. The molecule has 1 unspecified atom stereocenters. The van der Waals surface area contributed by atoms with Crippen molar-refractivity contribution in [2.45, 2.75) is 19.4 Å². The zero-order chi connectivity index (χ0) is 7.70. The molecule has 0 radical (unpaired) electrons. The monoisotopic (exact) mass is 136 g/mol. The first-order chi connectivity index (χ1) is 4.18. The lowest BCUT2D eigenvalue weighted by atomic mass is 10.3. The molecule has 0 aromatic rings. The summed E-state index contributed by atoms with van der Waals surface area (Å²) in [6.45, 7) is 1.73. The summed E-state index contributed by atoms with van der Waals surface area (Å²) in [7, 11) is 3.25. The van der Waals surface area contributed by atoms with E-state index in [4.69, 9.17) is 10.2 Å². The summed E-state index contributed by atoms with van der Waals surface area (Å²) < 4.78 is 4.25. The van der Waals surface area contributed by atoms with Gasteiger partial charge in [0.1, 0.15) is 0 Å². The molecule has 0 fully saturated rings. The number of hydrogen-bond donors (Lipinski definition) is 2. The number of hydrogen-bond acceptors (Lipinski definition) is 3. The molecule has 0 aliphatic heterocycles. The maximum atomic E-state index is 8.39. The molecule has 0 aliphatic carbocycles. The third-order valence-electron chi connectivity index (χ3n) is 0.547. The van der Waals surface area contributed by atoms with E-state index in [2.05, 4.69) is 4.74 Å². The van der Waals surface area contributed by atoms with E-state index in [0.717, 1.165) is 0 Å². The summed E-state index contributed by atoms with van der Waals surface area (Å²) in [5.74, 6) is 0. The number of methoxy groups -OCH3 is 1. The lowest BCUT2D eigenvalue weighted by molar-refractivity contribution is 0.148. The summed E-state index contributed by atoms with van der Waals surface area (Å²) in [6, 6.07) is 0. The second kappa shape index (κ2) is 10.8. The molecule has 0 heterocycles. The van der Waals surface area contributed by atoms with Gasteiger partial charge in [0.05, 0.1) is 6.10 Å². The molecule has 0 saturated heterocycles. The van der Waals surface area contributed by atoms with Crippen LogP contribution in [0, 0.1) is 0 Å². The van der Waals surface area contributed by atoms with Crippen molar-refractivity contribution in [1.29, 1.82) is 0 Å². The largest absolute Gasteiger partial charge is 0.396 e. The summed E-state index contributed by atoms with van der Waals surface area (Å²) in [6.07, 6.45) is 0.134. The minimum Gasteiger partial charge on any atom is -0.396 e. The quantitative estimate of drug-likeness (QED) is 0.562. The molecule has 0 aromatic carbocycles. The van der Waals surface area contributed by atoms with Crippen LogP contribution in [-0.4, -0.2) is 37.1 Å². The fourth-order valence-electron chi connectivity index (χ4n) is 0.187. The van der Waals surface area contributed by atoms with Crippen LogP contribution < -0.4 is 0 Å². The van der Waals surface area contributed by atoms with Crippen LogP contribution in [0.4, 0.5) is 0 Å². The first-order valence-electron chi connectivity index (χ1n) is 2.88. The highest BCUT2D eigenvalue weighted by Crippen LogP contribution is 1.83. The highest BCUT2D eigenvalue weighted by Gasteiger charge is 1.88. The van der Waals surface area contributed by atoms with E-state index >= 15 is 0 Å². The zero-order valence-corrected chi connectivity index (χ0v) is 6.29. The highest BCUT2D eigenvalue weighted by molar-refractivity contribution is 4.40. The van der Waals surface area contributed by atoms with Gasteiger partial charge in [-0.3, -0.25) is 0 Å². The zero-order valence-electron chi connectivity index (χ0n) is 6.29. The molecule has 0 spiro atoms. The van der Waals surface area contributed by atoms with Crippen LogP contribution in [0.1, 0.15) is 13.3 Å². The van der Waals surface area contributed by atoms with Gasteiger partial charge in [0, 0.05) is 20.8 Å². The van der Waals surface area contributed by atoms with Crippen LogP contribution >= 0.6 is 0 Å². The Morgan fingerprint density at radius 1 is 1.44 bits per heavy atom. The van der Waals surface area contributed by atoms with Gasteiger partial charge in [-0.15, -0.1) is 0 Å². The molecule has 0 saturated carbocycles. The van der Waals surface area contributed by atoms with Crippen molar-refractivity contribution in [3.05, 3.63) is 0 Å². The summed E-state index contributed by atoms with van der Waals surface area (Å²) in [4.78, 5) is 0. The van der Waals surface area contributed by atoms with Crippen molar-refractivity contribution in [3.63, 3.8) is 0 Å². The average molecular weight is 136 g/mol.